The molecular formula is C19H29NO4. The molecule has 0 aromatic heterocycles. The Balaban J connectivity index is 1.68. The van der Waals surface area contributed by atoms with Gasteiger partial charge in [0.05, 0.1) is 12.2 Å². The van der Waals surface area contributed by atoms with E-state index in [1.165, 1.54) is 32.1 Å². The van der Waals surface area contributed by atoms with E-state index in [4.69, 9.17) is 9.47 Å². The second-order valence-electron chi connectivity index (χ2n) is 6.38. The van der Waals surface area contributed by atoms with E-state index < -0.39 is 6.10 Å². The Hall–Kier alpha value is -1.59. The average Bonchev–Trinajstić information content (AvgIpc) is 2.61. The normalized spacial score (nSPS) is 16.6. The van der Waals surface area contributed by atoms with Gasteiger partial charge in [0, 0.05) is 6.54 Å². The maximum absolute atomic E-state index is 11.7. The Labute approximate surface area is 144 Å². The number of ether oxygens (including phenoxy) is 2. The van der Waals surface area contributed by atoms with E-state index in [9.17, 15) is 9.90 Å². The van der Waals surface area contributed by atoms with Gasteiger partial charge in [0.15, 0.2) is 0 Å². The molecule has 0 radical (unpaired) electrons. The number of carbonyl (C=O) groups excluding carboxylic acids is 1. The zero-order valence-electron chi connectivity index (χ0n) is 14.5. The van der Waals surface area contributed by atoms with Gasteiger partial charge in [-0.3, -0.25) is 0 Å². The predicted molar refractivity (Wildman–Crippen MR) is 93.3 cm³/mol. The molecule has 1 aromatic rings. The fourth-order valence-corrected chi connectivity index (χ4v) is 3.02. The van der Waals surface area contributed by atoms with Crippen LogP contribution in [0.15, 0.2) is 24.3 Å². The summed E-state index contributed by atoms with van der Waals surface area (Å²) in [6.45, 7) is 3.80. The van der Waals surface area contributed by atoms with Gasteiger partial charge in [0.2, 0.25) is 0 Å². The molecule has 0 unspecified atom stereocenters. The topological polar surface area (TPSA) is 67.8 Å². The third-order valence-electron chi connectivity index (χ3n) is 4.33. The second-order valence-corrected chi connectivity index (χ2v) is 6.38. The summed E-state index contributed by atoms with van der Waals surface area (Å²) in [4.78, 5) is 11.7. The van der Waals surface area contributed by atoms with Crippen LogP contribution in [0.25, 0.3) is 0 Å². The first-order valence-corrected chi connectivity index (χ1v) is 8.97. The third kappa shape index (κ3) is 6.49. The molecule has 0 heterocycles. The van der Waals surface area contributed by atoms with Crippen molar-refractivity contribution in [2.45, 2.75) is 45.1 Å². The van der Waals surface area contributed by atoms with E-state index in [1.54, 1.807) is 31.2 Å². The van der Waals surface area contributed by atoms with Crippen molar-refractivity contribution in [3.63, 3.8) is 0 Å². The maximum atomic E-state index is 11.7. The lowest BCUT2D eigenvalue weighted by Crippen LogP contribution is -2.34. The first-order chi connectivity index (χ1) is 11.7. The van der Waals surface area contributed by atoms with E-state index in [2.05, 4.69) is 5.32 Å². The van der Waals surface area contributed by atoms with Crippen LogP contribution in [0.1, 0.15) is 49.4 Å². The molecule has 0 bridgehead atoms. The molecule has 1 fully saturated rings. The zero-order chi connectivity index (χ0) is 17.2. The molecule has 0 aliphatic heterocycles. The summed E-state index contributed by atoms with van der Waals surface area (Å²) in [5, 5.41) is 13.4. The highest BCUT2D eigenvalue weighted by Crippen LogP contribution is 2.22. The number of aliphatic hydroxyl groups excluding tert-OH is 1. The smallest absolute Gasteiger partial charge is 0.338 e. The Morgan fingerprint density at radius 2 is 2.12 bits per heavy atom. The van der Waals surface area contributed by atoms with E-state index in [0.29, 0.717) is 24.5 Å². The molecule has 1 atom stereocenters. The molecule has 1 aliphatic carbocycles. The van der Waals surface area contributed by atoms with E-state index in [-0.39, 0.29) is 12.6 Å². The van der Waals surface area contributed by atoms with E-state index in [1.807, 2.05) is 0 Å². The van der Waals surface area contributed by atoms with Crippen molar-refractivity contribution < 1.29 is 19.4 Å². The summed E-state index contributed by atoms with van der Waals surface area (Å²) < 4.78 is 10.5. The molecule has 2 N–H and O–H groups in total. The molecule has 1 aromatic carbocycles. The number of hydrogen-bond acceptors (Lipinski definition) is 5. The van der Waals surface area contributed by atoms with Crippen molar-refractivity contribution in [3.8, 4) is 5.75 Å². The van der Waals surface area contributed by atoms with Crippen LogP contribution in [0.4, 0.5) is 0 Å². The van der Waals surface area contributed by atoms with Gasteiger partial charge < -0.3 is 19.9 Å². The van der Waals surface area contributed by atoms with Crippen LogP contribution in [0.5, 0.6) is 5.75 Å². The summed E-state index contributed by atoms with van der Waals surface area (Å²) in [6, 6.07) is 6.84. The molecule has 134 valence electrons. The minimum absolute atomic E-state index is 0.198. The highest BCUT2D eigenvalue weighted by Gasteiger charge is 2.14. The van der Waals surface area contributed by atoms with Crippen molar-refractivity contribution in [3.05, 3.63) is 29.8 Å². The molecule has 1 saturated carbocycles. The second kappa shape index (κ2) is 10.3. The van der Waals surface area contributed by atoms with Crippen molar-refractivity contribution in [2.24, 2.45) is 5.92 Å². The standard InChI is InChI=1S/C19H29NO4/c1-2-23-19(22)16-9-6-10-18(11-16)24-14-17(21)13-20-12-15-7-4-3-5-8-15/h6,9-11,15,17,20-21H,2-5,7-8,12-14H2,1H3/t17-/m1/s1. The lowest BCUT2D eigenvalue weighted by Gasteiger charge is -2.22. The van der Waals surface area contributed by atoms with Crippen molar-refractivity contribution in [1.82, 2.24) is 5.32 Å². The number of aliphatic hydroxyl groups is 1. The Kier molecular flexibility index (Phi) is 8.05. The Bertz CT molecular complexity index is 500. The van der Waals surface area contributed by atoms with Gasteiger partial charge in [-0.25, -0.2) is 4.79 Å². The van der Waals surface area contributed by atoms with Gasteiger partial charge in [-0.1, -0.05) is 25.3 Å². The minimum atomic E-state index is -0.570. The van der Waals surface area contributed by atoms with Crippen molar-refractivity contribution in [1.29, 1.82) is 0 Å². The van der Waals surface area contributed by atoms with Gasteiger partial charge in [-0.05, 0) is 50.4 Å². The maximum Gasteiger partial charge on any atom is 0.338 e. The molecule has 2 rings (SSSR count). The monoisotopic (exact) mass is 335 g/mol. The van der Waals surface area contributed by atoms with Gasteiger partial charge >= 0.3 is 5.97 Å². The zero-order valence-corrected chi connectivity index (χ0v) is 14.5. The predicted octanol–water partition coefficient (Wildman–Crippen LogP) is 2.77. The highest BCUT2D eigenvalue weighted by molar-refractivity contribution is 5.89. The molecule has 5 heteroatoms. The number of carbonyl (C=O) groups is 1. The fraction of sp³-hybridized carbons (Fsp3) is 0.632. The molecule has 5 nitrogen and oxygen atoms in total. The molecule has 0 saturated heterocycles. The van der Waals surface area contributed by atoms with Crippen LogP contribution in [-0.4, -0.2) is 43.5 Å². The quantitative estimate of drug-likeness (QED) is 0.679. The highest BCUT2D eigenvalue weighted by atomic mass is 16.5. The number of benzene rings is 1. The van der Waals surface area contributed by atoms with Crippen LogP contribution in [-0.2, 0) is 4.74 Å². The van der Waals surface area contributed by atoms with Gasteiger partial charge in [-0.15, -0.1) is 0 Å². The lowest BCUT2D eigenvalue weighted by molar-refractivity contribution is 0.0525. The van der Waals surface area contributed by atoms with Crippen LogP contribution in [0, 0.1) is 5.92 Å². The van der Waals surface area contributed by atoms with Crippen LogP contribution in [0.3, 0.4) is 0 Å². The van der Waals surface area contributed by atoms with E-state index >= 15 is 0 Å². The summed E-state index contributed by atoms with van der Waals surface area (Å²) in [6.07, 6.45) is 6.03. The summed E-state index contributed by atoms with van der Waals surface area (Å²) in [5.74, 6) is 0.942. The average molecular weight is 335 g/mol. The summed E-state index contributed by atoms with van der Waals surface area (Å²) in [7, 11) is 0. The largest absolute Gasteiger partial charge is 0.491 e. The molecule has 0 spiro atoms. The third-order valence-corrected chi connectivity index (χ3v) is 4.33. The molecule has 0 amide bonds. The van der Waals surface area contributed by atoms with Gasteiger partial charge in [-0.2, -0.15) is 0 Å². The summed E-state index contributed by atoms with van der Waals surface area (Å²) in [5.41, 5.74) is 0.458. The van der Waals surface area contributed by atoms with Crippen molar-refractivity contribution >= 4 is 5.97 Å². The number of esters is 1. The Morgan fingerprint density at radius 3 is 2.88 bits per heavy atom. The summed E-state index contributed by atoms with van der Waals surface area (Å²) >= 11 is 0. The lowest BCUT2D eigenvalue weighted by atomic mass is 9.89. The minimum Gasteiger partial charge on any atom is -0.491 e. The molecule has 24 heavy (non-hydrogen) atoms. The van der Waals surface area contributed by atoms with Crippen molar-refractivity contribution in [2.75, 3.05) is 26.3 Å². The van der Waals surface area contributed by atoms with Crippen LogP contribution < -0.4 is 10.1 Å². The van der Waals surface area contributed by atoms with Crippen LogP contribution in [0.2, 0.25) is 0 Å². The Morgan fingerprint density at radius 1 is 1.33 bits per heavy atom. The number of rotatable bonds is 9. The molecule has 1 aliphatic rings. The fourth-order valence-electron chi connectivity index (χ4n) is 3.02. The number of nitrogens with one attached hydrogen (secondary N) is 1. The first-order valence-electron chi connectivity index (χ1n) is 8.97. The first kappa shape index (κ1) is 18.7. The van der Waals surface area contributed by atoms with E-state index in [0.717, 1.165) is 12.5 Å². The molecular weight excluding hydrogens is 306 g/mol. The number of hydrogen-bond donors (Lipinski definition) is 2. The van der Waals surface area contributed by atoms with Gasteiger partial charge in [0.25, 0.3) is 0 Å². The SMILES string of the molecule is CCOC(=O)c1cccc(OC[C@H](O)CNCC2CCCCC2)c1. The van der Waals surface area contributed by atoms with Crippen LogP contribution >= 0.6 is 0 Å². The van der Waals surface area contributed by atoms with Gasteiger partial charge in [0.1, 0.15) is 18.5 Å².